The smallest absolute Gasteiger partial charge is 0.119 e. The van der Waals surface area contributed by atoms with E-state index in [1.807, 2.05) is 30.3 Å². The SMILES string of the molecule is c1ccc(OCCN2CCC[C@]3(C2)Nc2ccccc2-n2cccc23)cc1. The zero-order valence-corrected chi connectivity index (χ0v) is 15.5. The van der Waals surface area contributed by atoms with E-state index in [0.717, 1.165) is 38.4 Å². The Labute approximate surface area is 160 Å². The van der Waals surface area contributed by atoms with Gasteiger partial charge in [0.05, 0.1) is 16.9 Å². The largest absolute Gasteiger partial charge is 0.492 e. The minimum Gasteiger partial charge on any atom is -0.492 e. The first kappa shape index (κ1) is 16.5. The molecular weight excluding hydrogens is 334 g/mol. The third-order valence-electron chi connectivity index (χ3n) is 5.77. The van der Waals surface area contributed by atoms with Crippen molar-refractivity contribution >= 4 is 5.69 Å². The van der Waals surface area contributed by atoms with Crippen molar-refractivity contribution in [1.82, 2.24) is 9.47 Å². The number of anilines is 1. The molecule has 27 heavy (non-hydrogen) atoms. The fraction of sp³-hybridized carbons (Fsp3) is 0.304. The highest BCUT2D eigenvalue weighted by molar-refractivity contribution is 5.67. The molecule has 3 aromatic rings. The maximum atomic E-state index is 5.93. The number of aromatic nitrogens is 1. The maximum Gasteiger partial charge on any atom is 0.119 e. The number of hydrogen-bond donors (Lipinski definition) is 1. The van der Waals surface area contributed by atoms with Crippen LogP contribution in [-0.4, -0.2) is 35.7 Å². The molecule has 3 heterocycles. The Kier molecular flexibility index (Phi) is 4.13. The third kappa shape index (κ3) is 3.00. The monoisotopic (exact) mass is 359 g/mol. The molecule has 1 saturated heterocycles. The maximum absolute atomic E-state index is 5.93. The summed E-state index contributed by atoms with van der Waals surface area (Å²) in [4.78, 5) is 2.53. The lowest BCUT2D eigenvalue weighted by molar-refractivity contribution is 0.133. The van der Waals surface area contributed by atoms with Crippen LogP contribution in [0.3, 0.4) is 0 Å². The Morgan fingerprint density at radius 2 is 1.81 bits per heavy atom. The van der Waals surface area contributed by atoms with Gasteiger partial charge in [-0.05, 0) is 55.8 Å². The van der Waals surface area contributed by atoms with Crippen LogP contribution >= 0.6 is 0 Å². The first-order valence-electron chi connectivity index (χ1n) is 9.80. The molecule has 138 valence electrons. The standard InChI is InChI=1S/C23H25N3O/c1-2-8-19(9-3-1)27-17-16-25-14-7-13-23(18-25)22-12-6-15-26(22)21-11-5-4-10-20(21)24-23/h1-6,8-12,15,24H,7,13-14,16-18H2/t23-/m1/s1. The quantitative estimate of drug-likeness (QED) is 0.754. The Morgan fingerprint density at radius 1 is 0.963 bits per heavy atom. The summed E-state index contributed by atoms with van der Waals surface area (Å²) in [7, 11) is 0. The Bertz CT molecular complexity index is 920. The van der Waals surface area contributed by atoms with Crippen LogP contribution < -0.4 is 10.1 Å². The van der Waals surface area contributed by atoms with Crippen molar-refractivity contribution in [3.05, 3.63) is 78.6 Å². The normalized spacial score (nSPS) is 21.3. The Morgan fingerprint density at radius 3 is 2.74 bits per heavy atom. The van der Waals surface area contributed by atoms with E-state index in [-0.39, 0.29) is 5.54 Å². The van der Waals surface area contributed by atoms with Gasteiger partial charge in [0, 0.05) is 25.0 Å². The summed E-state index contributed by atoms with van der Waals surface area (Å²) >= 11 is 0. The van der Waals surface area contributed by atoms with E-state index in [9.17, 15) is 0 Å². The molecular formula is C23H25N3O. The Balaban J connectivity index is 1.33. The highest BCUT2D eigenvalue weighted by Gasteiger charge is 2.42. The molecule has 4 nitrogen and oxygen atoms in total. The molecule has 1 spiro atoms. The summed E-state index contributed by atoms with van der Waals surface area (Å²) in [6.45, 7) is 3.80. The van der Waals surface area contributed by atoms with Crippen LogP contribution in [-0.2, 0) is 5.54 Å². The average Bonchev–Trinajstić information content (AvgIpc) is 3.21. The minimum atomic E-state index is -0.0250. The first-order valence-corrected chi connectivity index (χ1v) is 9.80. The number of para-hydroxylation sites is 3. The topological polar surface area (TPSA) is 29.4 Å². The van der Waals surface area contributed by atoms with Gasteiger partial charge in [-0.25, -0.2) is 0 Å². The zero-order valence-electron chi connectivity index (χ0n) is 15.5. The average molecular weight is 359 g/mol. The third-order valence-corrected chi connectivity index (χ3v) is 5.77. The first-order chi connectivity index (χ1) is 13.3. The highest BCUT2D eigenvalue weighted by atomic mass is 16.5. The number of benzene rings is 2. The molecule has 0 aliphatic carbocycles. The summed E-state index contributed by atoms with van der Waals surface area (Å²) in [5, 5.41) is 3.89. The minimum absolute atomic E-state index is 0.0250. The molecule has 1 N–H and O–H groups in total. The van der Waals surface area contributed by atoms with Gasteiger partial charge in [0.2, 0.25) is 0 Å². The highest BCUT2D eigenvalue weighted by Crippen LogP contribution is 2.42. The predicted molar refractivity (Wildman–Crippen MR) is 109 cm³/mol. The molecule has 1 atom stereocenters. The molecule has 2 aromatic carbocycles. The van der Waals surface area contributed by atoms with Gasteiger partial charge in [-0.2, -0.15) is 0 Å². The van der Waals surface area contributed by atoms with Crippen molar-refractivity contribution in [3.8, 4) is 11.4 Å². The van der Waals surface area contributed by atoms with Gasteiger partial charge < -0.3 is 14.6 Å². The van der Waals surface area contributed by atoms with Gasteiger partial charge >= 0.3 is 0 Å². The predicted octanol–water partition coefficient (Wildman–Crippen LogP) is 4.27. The fourth-order valence-corrected chi connectivity index (χ4v) is 4.55. The van der Waals surface area contributed by atoms with Crippen molar-refractivity contribution in [2.45, 2.75) is 18.4 Å². The van der Waals surface area contributed by atoms with Crippen molar-refractivity contribution in [2.75, 3.05) is 31.6 Å². The zero-order chi connectivity index (χ0) is 18.1. The summed E-state index contributed by atoms with van der Waals surface area (Å²) in [6.07, 6.45) is 4.53. The fourth-order valence-electron chi connectivity index (χ4n) is 4.55. The number of nitrogens with zero attached hydrogens (tertiary/aromatic N) is 2. The second-order valence-electron chi connectivity index (χ2n) is 7.53. The number of rotatable bonds is 4. The Hall–Kier alpha value is -2.72. The van der Waals surface area contributed by atoms with Gasteiger partial charge in [0.1, 0.15) is 12.4 Å². The van der Waals surface area contributed by atoms with Crippen molar-refractivity contribution in [3.63, 3.8) is 0 Å². The molecule has 0 bridgehead atoms. The van der Waals surface area contributed by atoms with Crippen molar-refractivity contribution in [2.24, 2.45) is 0 Å². The summed E-state index contributed by atoms with van der Waals surface area (Å²) in [5.74, 6) is 0.947. The van der Waals surface area contributed by atoms with E-state index in [0.29, 0.717) is 0 Å². The van der Waals surface area contributed by atoms with Crippen LogP contribution in [0.25, 0.3) is 5.69 Å². The number of ether oxygens (including phenoxy) is 1. The van der Waals surface area contributed by atoms with E-state index in [1.54, 1.807) is 0 Å². The van der Waals surface area contributed by atoms with Gasteiger partial charge in [0.15, 0.2) is 0 Å². The molecule has 0 radical (unpaired) electrons. The van der Waals surface area contributed by atoms with Crippen LogP contribution in [0, 0.1) is 0 Å². The van der Waals surface area contributed by atoms with E-state index < -0.39 is 0 Å². The van der Waals surface area contributed by atoms with E-state index in [4.69, 9.17) is 4.74 Å². The summed E-state index contributed by atoms with van der Waals surface area (Å²) in [5.41, 5.74) is 3.81. The van der Waals surface area contributed by atoms with Crippen LogP contribution in [0.2, 0.25) is 0 Å². The molecule has 0 amide bonds. The molecule has 2 aliphatic heterocycles. The number of fused-ring (bicyclic) bond motifs is 4. The number of nitrogens with one attached hydrogen (secondary N) is 1. The van der Waals surface area contributed by atoms with Gasteiger partial charge in [0.25, 0.3) is 0 Å². The second-order valence-corrected chi connectivity index (χ2v) is 7.53. The lowest BCUT2D eigenvalue weighted by atomic mass is 9.83. The molecule has 4 heteroatoms. The van der Waals surface area contributed by atoms with Crippen molar-refractivity contribution < 1.29 is 4.74 Å². The van der Waals surface area contributed by atoms with E-state index >= 15 is 0 Å². The van der Waals surface area contributed by atoms with E-state index in [1.165, 1.54) is 23.5 Å². The van der Waals surface area contributed by atoms with Gasteiger partial charge in [-0.3, -0.25) is 4.90 Å². The number of piperidine rings is 1. The second kappa shape index (κ2) is 6.78. The van der Waals surface area contributed by atoms with Gasteiger partial charge in [-0.1, -0.05) is 30.3 Å². The molecule has 0 saturated carbocycles. The lowest BCUT2D eigenvalue weighted by Gasteiger charge is -2.47. The van der Waals surface area contributed by atoms with Crippen molar-refractivity contribution in [1.29, 1.82) is 0 Å². The van der Waals surface area contributed by atoms with Crippen LogP contribution in [0.4, 0.5) is 5.69 Å². The van der Waals surface area contributed by atoms with Crippen LogP contribution in [0.1, 0.15) is 18.5 Å². The summed E-state index contributed by atoms with van der Waals surface area (Å²) in [6, 6.07) is 23.1. The molecule has 0 unspecified atom stereocenters. The summed E-state index contributed by atoms with van der Waals surface area (Å²) < 4.78 is 8.28. The molecule has 1 aromatic heterocycles. The van der Waals surface area contributed by atoms with Crippen LogP contribution in [0.15, 0.2) is 72.9 Å². The van der Waals surface area contributed by atoms with E-state index in [2.05, 4.69) is 57.4 Å². The molecule has 2 aliphatic rings. The van der Waals surface area contributed by atoms with Gasteiger partial charge in [-0.15, -0.1) is 0 Å². The molecule has 5 rings (SSSR count). The number of hydrogen-bond acceptors (Lipinski definition) is 3. The van der Waals surface area contributed by atoms with Crippen LogP contribution in [0.5, 0.6) is 5.75 Å². The number of likely N-dealkylation sites (tertiary alicyclic amines) is 1. The molecule has 1 fully saturated rings. The lowest BCUT2D eigenvalue weighted by Crippen LogP contribution is -2.53.